The van der Waals surface area contributed by atoms with Crippen molar-refractivity contribution in [3.63, 3.8) is 0 Å². The summed E-state index contributed by atoms with van der Waals surface area (Å²) in [6.07, 6.45) is 4.48. The van der Waals surface area contributed by atoms with Gasteiger partial charge in [0.2, 0.25) is 0 Å². The maximum absolute atomic E-state index is 13.2. The molecule has 13 nitrogen and oxygen atoms in total. The number of unbranched alkanes of at least 4 members (excludes halogenated alkanes) is 3. The van der Waals surface area contributed by atoms with Crippen LogP contribution in [0, 0.1) is 18.8 Å². The molecule has 0 radical (unpaired) electrons. The van der Waals surface area contributed by atoms with E-state index < -0.39 is 18.1 Å². The van der Waals surface area contributed by atoms with Crippen LogP contribution in [0.15, 0.2) is 48.5 Å². The van der Waals surface area contributed by atoms with Gasteiger partial charge < -0.3 is 42.7 Å². The predicted octanol–water partition coefficient (Wildman–Crippen LogP) is 3.38. The number of aliphatic hydroxyl groups excluding tert-OH is 3. The van der Waals surface area contributed by atoms with E-state index >= 15 is 0 Å². The highest BCUT2D eigenvalue weighted by molar-refractivity contribution is 6.31. The van der Waals surface area contributed by atoms with Crippen LogP contribution >= 0.6 is 11.6 Å². The lowest BCUT2D eigenvalue weighted by atomic mass is 9.95. The zero-order valence-corrected chi connectivity index (χ0v) is 32.8. The molecule has 3 rings (SSSR count). The second-order valence-electron chi connectivity index (χ2n) is 14.1. The zero-order valence-electron chi connectivity index (χ0n) is 32.1. The Morgan fingerprint density at radius 3 is 2.43 bits per heavy atom. The van der Waals surface area contributed by atoms with E-state index in [1.807, 2.05) is 30.3 Å². The molecule has 0 aliphatic carbocycles. The lowest BCUT2D eigenvalue weighted by molar-refractivity contribution is -0.00630. The maximum Gasteiger partial charge on any atom is 0.273 e. The van der Waals surface area contributed by atoms with Gasteiger partial charge in [0.1, 0.15) is 0 Å². The van der Waals surface area contributed by atoms with Gasteiger partial charge in [-0.05, 0) is 87.0 Å². The van der Waals surface area contributed by atoms with E-state index in [0.29, 0.717) is 51.3 Å². The fraction of sp³-hybridized carbons (Fsp3) is 0.550. The second-order valence-corrected chi connectivity index (χ2v) is 14.5. The summed E-state index contributed by atoms with van der Waals surface area (Å²) < 4.78 is 0. The second kappa shape index (κ2) is 23.8. The Bertz CT molecular complexity index is 1600. The number of nitrogens with two attached hydrogens (primary N) is 2. The summed E-state index contributed by atoms with van der Waals surface area (Å²) in [5.41, 5.74) is 15.4. The Kier molecular flexibility index (Phi) is 19.7. The molecule has 0 unspecified atom stereocenters. The molecule has 1 aromatic heterocycles. The highest BCUT2D eigenvalue weighted by Crippen LogP contribution is 2.18. The summed E-state index contributed by atoms with van der Waals surface area (Å²) in [5, 5.41) is 39.7. The molecule has 14 heteroatoms. The number of aliphatic hydroxyl groups is 3. The highest BCUT2D eigenvalue weighted by atomic mass is 35.5. The minimum Gasteiger partial charge on any atom is -0.396 e. The minimum atomic E-state index is -0.778. The molecule has 0 aliphatic rings. The van der Waals surface area contributed by atoms with Crippen LogP contribution < -0.4 is 27.4 Å². The fourth-order valence-electron chi connectivity index (χ4n) is 6.27. The predicted molar refractivity (Wildman–Crippen MR) is 215 cm³/mol. The van der Waals surface area contributed by atoms with Crippen molar-refractivity contribution in [2.24, 2.45) is 11.8 Å². The molecule has 10 N–H and O–H groups in total. The van der Waals surface area contributed by atoms with Crippen LogP contribution in [-0.4, -0.2) is 107 Å². The Labute approximate surface area is 325 Å². The first-order valence-corrected chi connectivity index (χ1v) is 19.5. The number of hydrogen-bond acceptors (Lipinski definition) is 11. The first-order valence-electron chi connectivity index (χ1n) is 19.1. The third-order valence-corrected chi connectivity index (χ3v) is 10.1. The number of nitrogen functional groups attached to an aromatic ring is 2. The van der Waals surface area contributed by atoms with Crippen LogP contribution in [0.25, 0.3) is 0 Å². The number of amides is 2. The molecule has 54 heavy (non-hydrogen) atoms. The van der Waals surface area contributed by atoms with Gasteiger partial charge in [0.25, 0.3) is 11.8 Å². The fourth-order valence-corrected chi connectivity index (χ4v) is 6.40. The van der Waals surface area contributed by atoms with Gasteiger partial charge in [-0.15, -0.1) is 0 Å². The molecular formula is C40H61ClN8O5. The standard InChI is InChI=1S/C40H61ClN8O5/c1-4-5-6-9-19-49(26-34(52)28(3)33(51)16-21-50)20-18-45-39(53)32-14-10-12-29(22-32)15-17-44-24-30(23-31-13-8-7-11-27(31)2)25-46-40(54)35-37(42)48-38(43)36(41)47-35/h7-8,10-14,22,28,30,33-34,44,50-52H,4-6,9,15-21,23-26H2,1-3H3,(H,45,53)(H,46,54)(H4,42,43,48)/t28-,30+,33+,34-/m0/s1. The molecule has 3 aromatic rings. The zero-order chi connectivity index (χ0) is 39.5. The molecule has 1 heterocycles. The SMILES string of the molecule is CCCCCCN(CCNC(=O)c1cccc(CCNC[C@H](CNC(=O)c2nc(Cl)c(N)nc2N)Cc2ccccc2C)c1)C[C@H](O)[C@@H](C)[C@H](O)CCO. The largest absolute Gasteiger partial charge is 0.396 e. The molecule has 298 valence electrons. The molecular weight excluding hydrogens is 708 g/mol. The average Bonchev–Trinajstić information content (AvgIpc) is 3.15. The summed E-state index contributed by atoms with van der Waals surface area (Å²) in [7, 11) is 0. The van der Waals surface area contributed by atoms with Gasteiger partial charge in [-0.1, -0.05) is 81.1 Å². The van der Waals surface area contributed by atoms with Crippen molar-refractivity contribution >= 4 is 35.1 Å². The molecule has 0 bridgehead atoms. The molecule has 0 saturated heterocycles. The third-order valence-electron chi connectivity index (χ3n) is 9.78. The number of carbonyl (C=O) groups excluding carboxylic acids is 2. The number of aromatic nitrogens is 2. The van der Waals surface area contributed by atoms with Crippen LogP contribution in [0.2, 0.25) is 5.15 Å². The first-order chi connectivity index (χ1) is 25.9. The van der Waals surface area contributed by atoms with E-state index in [0.717, 1.165) is 44.2 Å². The van der Waals surface area contributed by atoms with E-state index in [4.69, 9.17) is 23.1 Å². The molecule has 0 spiro atoms. The maximum atomic E-state index is 13.2. The van der Waals surface area contributed by atoms with Gasteiger partial charge in [-0.2, -0.15) is 0 Å². The smallest absolute Gasteiger partial charge is 0.273 e. The molecule has 0 fully saturated rings. The normalized spacial score (nSPS) is 13.7. The molecule has 2 aromatic carbocycles. The molecule has 2 amide bonds. The number of aryl methyl sites for hydroxylation is 1. The van der Waals surface area contributed by atoms with E-state index in [1.165, 1.54) is 11.1 Å². The van der Waals surface area contributed by atoms with E-state index in [1.54, 1.807) is 13.0 Å². The number of nitrogens with one attached hydrogen (secondary N) is 3. The minimum absolute atomic E-state index is 0.0368. The number of anilines is 2. The number of hydrogen-bond donors (Lipinski definition) is 8. The number of carbonyl (C=O) groups is 2. The van der Waals surface area contributed by atoms with Gasteiger partial charge >= 0.3 is 0 Å². The third kappa shape index (κ3) is 15.1. The van der Waals surface area contributed by atoms with Crippen molar-refractivity contribution in [2.45, 2.75) is 77.9 Å². The van der Waals surface area contributed by atoms with Gasteiger partial charge in [0, 0.05) is 44.3 Å². The van der Waals surface area contributed by atoms with E-state index in [9.17, 15) is 24.9 Å². The highest BCUT2D eigenvalue weighted by Gasteiger charge is 2.24. The van der Waals surface area contributed by atoms with Crippen LogP contribution in [0.4, 0.5) is 11.6 Å². The number of rotatable bonds is 25. The first kappa shape index (κ1) is 44.5. The summed E-state index contributed by atoms with van der Waals surface area (Å²) >= 11 is 5.99. The lowest BCUT2D eigenvalue weighted by Crippen LogP contribution is -2.43. The van der Waals surface area contributed by atoms with Gasteiger partial charge in [-0.25, -0.2) is 9.97 Å². The Morgan fingerprint density at radius 2 is 1.69 bits per heavy atom. The number of nitrogens with zero attached hydrogens (tertiary/aromatic N) is 3. The topological polar surface area (TPSA) is 212 Å². The summed E-state index contributed by atoms with van der Waals surface area (Å²) in [6, 6.07) is 15.7. The average molecular weight is 769 g/mol. The molecule has 0 saturated carbocycles. The number of halogens is 1. The van der Waals surface area contributed by atoms with Crippen LogP contribution in [0.1, 0.15) is 83.5 Å². The molecule has 4 atom stereocenters. The van der Waals surface area contributed by atoms with Crippen LogP contribution in [-0.2, 0) is 12.8 Å². The Balaban J connectivity index is 1.53. The van der Waals surface area contributed by atoms with Crippen LogP contribution in [0.3, 0.4) is 0 Å². The monoisotopic (exact) mass is 768 g/mol. The van der Waals surface area contributed by atoms with Gasteiger partial charge in [0.15, 0.2) is 22.5 Å². The van der Waals surface area contributed by atoms with Crippen molar-refractivity contribution in [1.82, 2.24) is 30.8 Å². The summed E-state index contributed by atoms with van der Waals surface area (Å²) in [6.45, 7) is 9.70. The van der Waals surface area contributed by atoms with Crippen molar-refractivity contribution in [2.75, 3.05) is 63.9 Å². The van der Waals surface area contributed by atoms with Crippen molar-refractivity contribution in [3.05, 3.63) is 81.6 Å². The summed E-state index contributed by atoms with van der Waals surface area (Å²) in [5.74, 6) is -1.09. The van der Waals surface area contributed by atoms with Crippen molar-refractivity contribution < 1.29 is 24.9 Å². The van der Waals surface area contributed by atoms with Crippen molar-refractivity contribution in [1.29, 1.82) is 0 Å². The molecule has 0 aliphatic heterocycles. The Hall–Kier alpha value is -3.85. The summed E-state index contributed by atoms with van der Waals surface area (Å²) in [4.78, 5) is 36.2. The van der Waals surface area contributed by atoms with Gasteiger partial charge in [-0.3, -0.25) is 14.5 Å². The Morgan fingerprint density at radius 1 is 0.907 bits per heavy atom. The number of benzene rings is 2. The lowest BCUT2D eigenvalue weighted by Gasteiger charge is -2.30. The van der Waals surface area contributed by atoms with Crippen molar-refractivity contribution in [3.8, 4) is 0 Å². The van der Waals surface area contributed by atoms with Crippen LogP contribution in [0.5, 0.6) is 0 Å². The van der Waals surface area contributed by atoms with E-state index in [2.05, 4.69) is 56.8 Å². The van der Waals surface area contributed by atoms with E-state index in [-0.39, 0.29) is 53.3 Å². The van der Waals surface area contributed by atoms with Gasteiger partial charge in [0.05, 0.1) is 12.2 Å². The quantitative estimate of drug-likeness (QED) is 0.0586.